The summed E-state index contributed by atoms with van der Waals surface area (Å²) in [6.07, 6.45) is 1.66. The number of rotatable bonds is 4. The van der Waals surface area contributed by atoms with Gasteiger partial charge in [0.05, 0.1) is 17.1 Å². The number of aryl methyl sites for hydroxylation is 3. The van der Waals surface area contributed by atoms with Gasteiger partial charge in [0.25, 0.3) is 0 Å². The summed E-state index contributed by atoms with van der Waals surface area (Å²) in [4.78, 5) is 15.9. The zero-order valence-electron chi connectivity index (χ0n) is 7.83. The molecule has 0 bridgehead atoms. The number of hydrogen-bond donors (Lipinski definition) is 1. The minimum Gasteiger partial charge on any atom is -0.481 e. The lowest BCUT2D eigenvalue weighted by atomic mass is 10.3. The van der Waals surface area contributed by atoms with Gasteiger partial charge in [-0.25, -0.2) is 4.98 Å². The summed E-state index contributed by atoms with van der Waals surface area (Å²) < 4.78 is 0. The highest BCUT2D eigenvalue weighted by molar-refractivity contribution is 7.11. The number of carboxylic acids is 1. The number of aromatic nitrogens is 1. The van der Waals surface area contributed by atoms with Crippen LogP contribution in [-0.2, 0) is 17.6 Å². The van der Waals surface area contributed by atoms with Crippen molar-refractivity contribution in [3.63, 3.8) is 0 Å². The number of nitrogens with zero attached hydrogens (tertiary/aromatic N) is 1. The Morgan fingerprint density at radius 3 is 2.77 bits per heavy atom. The average molecular weight is 199 g/mol. The first-order chi connectivity index (χ1) is 6.13. The Hall–Kier alpha value is -0.900. The van der Waals surface area contributed by atoms with Crippen LogP contribution in [0.1, 0.15) is 28.9 Å². The van der Waals surface area contributed by atoms with Gasteiger partial charge in [0.1, 0.15) is 0 Å². The Labute approximate surface area is 81.4 Å². The second-order valence-corrected chi connectivity index (χ2v) is 4.15. The Morgan fingerprint density at radius 1 is 1.62 bits per heavy atom. The van der Waals surface area contributed by atoms with Gasteiger partial charge in [-0.2, -0.15) is 0 Å². The van der Waals surface area contributed by atoms with Gasteiger partial charge < -0.3 is 5.11 Å². The maximum absolute atomic E-state index is 10.3. The summed E-state index contributed by atoms with van der Waals surface area (Å²) in [5.74, 6) is -0.758. The van der Waals surface area contributed by atoms with E-state index in [4.69, 9.17) is 5.11 Å². The molecule has 0 aliphatic carbocycles. The molecule has 1 aromatic rings. The molecular weight excluding hydrogens is 186 g/mol. The van der Waals surface area contributed by atoms with Crippen molar-refractivity contribution >= 4 is 17.3 Å². The summed E-state index contributed by atoms with van der Waals surface area (Å²) in [6.45, 7) is 4.09. The molecule has 13 heavy (non-hydrogen) atoms. The van der Waals surface area contributed by atoms with Crippen LogP contribution >= 0.6 is 11.3 Å². The summed E-state index contributed by atoms with van der Waals surface area (Å²) in [7, 11) is 0. The molecular formula is C9H13NO2S. The standard InChI is InChI=1S/C9H13NO2S/c1-3-7-6(2)13-8(10-7)4-5-9(11)12/h3-5H2,1-2H3,(H,11,12). The molecule has 0 aliphatic heterocycles. The van der Waals surface area contributed by atoms with E-state index < -0.39 is 5.97 Å². The molecule has 0 spiro atoms. The molecule has 0 fully saturated rings. The molecule has 0 saturated carbocycles. The van der Waals surface area contributed by atoms with Gasteiger partial charge in [-0.15, -0.1) is 11.3 Å². The van der Waals surface area contributed by atoms with E-state index in [1.54, 1.807) is 11.3 Å². The fourth-order valence-electron chi connectivity index (χ4n) is 1.14. The van der Waals surface area contributed by atoms with Crippen molar-refractivity contribution in [1.82, 2.24) is 4.98 Å². The topological polar surface area (TPSA) is 50.2 Å². The number of aliphatic carboxylic acids is 1. The lowest BCUT2D eigenvalue weighted by Crippen LogP contribution is -1.97. The number of carboxylic acid groups (broad SMARTS) is 1. The van der Waals surface area contributed by atoms with E-state index in [-0.39, 0.29) is 6.42 Å². The normalized spacial score (nSPS) is 10.3. The lowest BCUT2D eigenvalue weighted by molar-refractivity contribution is -0.136. The fraction of sp³-hybridized carbons (Fsp3) is 0.556. The molecule has 1 rings (SSSR count). The molecule has 1 heterocycles. The van der Waals surface area contributed by atoms with Crippen molar-refractivity contribution in [2.24, 2.45) is 0 Å². The van der Waals surface area contributed by atoms with Crippen LogP contribution in [0, 0.1) is 6.92 Å². The summed E-state index contributed by atoms with van der Waals surface area (Å²) in [5.41, 5.74) is 1.10. The average Bonchev–Trinajstić information content (AvgIpc) is 2.43. The highest BCUT2D eigenvalue weighted by Gasteiger charge is 2.07. The fourth-order valence-corrected chi connectivity index (χ4v) is 2.16. The molecule has 4 heteroatoms. The van der Waals surface area contributed by atoms with Crippen LogP contribution in [0.5, 0.6) is 0 Å². The zero-order valence-corrected chi connectivity index (χ0v) is 8.65. The van der Waals surface area contributed by atoms with Crippen LogP contribution in [0.4, 0.5) is 0 Å². The lowest BCUT2D eigenvalue weighted by Gasteiger charge is -1.90. The van der Waals surface area contributed by atoms with Gasteiger partial charge in [-0.3, -0.25) is 4.79 Å². The number of hydrogen-bond acceptors (Lipinski definition) is 3. The third-order valence-electron chi connectivity index (χ3n) is 1.82. The van der Waals surface area contributed by atoms with E-state index in [0.29, 0.717) is 6.42 Å². The van der Waals surface area contributed by atoms with Crippen molar-refractivity contribution in [2.45, 2.75) is 33.1 Å². The van der Waals surface area contributed by atoms with E-state index in [2.05, 4.69) is 11.9 Å². The van der Waals surface area contributed by atoms with Gasteiger partial charge in [0.15, 0.2) is 0 Å². The van der Waals surface area contributed by atoms with E-state index in [1.165, 1.54) is 4.88 Å². The van der Waals surface area contributed by atoms with Crippen molar-refractivity contribution < 1.29 is 9.90 Å². The maximum atomic E-state index is 10.3. The van der Waals surface area contributed by atoms with Crippen LogP contribution in [0.15, 0.2) is 0 Å². The highest BCUT2D eigenvalue weighted by atomic mass is 32.1. The Balaban J connectivity index is 2.62. The Kier molecular flexibility index (Phi) is 3.42. The number of thiazole rings is 1. The summed E-state index contributed by atoms with van der Waals surface area (Å²) in [5, 5.41) is 9.43. The van der Waals surface area contributed by atoms with Gasteiger partial charge in [-0.05, 0) is 13.3 Å². The minimum atomic E-state index is -0.758. The first kappa shape index (κ1) is 10.2. The Morgan fingerprint density at radius 2 is 2.31 bits per heavy atom. The molecule has 0 saturated heterocycles. The SMILES string of the molecule is CCc1nc(CCC(=O)O)sc1C. The number of carbonyl (C=O) groups is 1. The Bertz CT molecular complexity index is 307. The van der Waals surface area contributed by atoms with Crippen LogP contribution in [0.3, 0.4) is 0 Å². The summed E-state index contributed by atoms with van der Waals surface area (Å²) >= 11 is 1.61. The smallest absolute Gasteiger partial charge is 0.303 e. The van der Waals surface area contributed by atoms with Gasteiger partial charge in [0.2, 0.25) is 0 Å². The van der Waals surface area contributed by atoms with Crippen molar-refractivity contribution in [2.75, 3.05) is 0 Å². The van der Waals surface area contributed by atoms with Crippen LogP contribution in [-0.4, -0.2) is 16.1 Å². The van der Waals surface area contributed by atoms with Crippen molar-refractivity contribution in [3.05, 3.63) is 15.6 Å². The maximum Gasteiger partial charge on any atom is 0.303 e. The monoisotopic (exact) mass is 199 g/mol. The predicted octanol–water partition coefficient (Wildman–Crippen LogP) is 2.03. The van der Waals surface area contributed by atoms with Crippen molar-refractivity contribution in [3.8, 4) is 0 Å². The van der Waals surface area contributed by atoms with Gasteiger partial charge >= 0.3 is 5.97 Å². The van der Waals surface area contributed by atoms with Crippen LogP contribution in [0.25, 0.3) is 0 Å². The van der Waals surface area contributed by atoms with Crippen molar-refractivity contribution in [1.29, 1.82) is 0 Å². The third kappa shape index (κ3) is 2.81. The first-order valence-electron chi connectivity index (χ1n) is 4.30. The molecule has 0 unspecified atom stereocenters. The zero-order chi connectivity index (χ0) is 9.84. The predicted molar refractivity (Wildman–Crippen MR) is 52.2 cm³/mol. The quantitative estimate of drug-likeness (QED) is 0.807. The second kappa shape index (κ2) is 4.37. The van der Waals surface area contributed by atoms with Crippen LogP contribution < -0.4 is 0 Å². The molecule has 1 aromatic heterocycles. The molecule has 1 N–H and O–H groups in total. The molecule has 72 valence electrons. The molecule has 0 radical (unpaired) electrons. The molecule has 0 aromatic carbocycles. The summed E-state index contributed by atoms with van der Waals surface area (Å²) in [6, 6.07) is 0. The second-order valence-electron chi connectivity index (χ2n) is 2.86. The van der Waals surface area contributed by atoms with Crippen LogP contribution in [0.2, 0.25) is 0 Å². The van der Waals surface area contributed by atoms with Gasteiger partial charge in [0, 0.05) is 11.3 Å². The third-order valence-corrected chi connectivity index (χ3v) is 2.90. The molecule has 0 amide bonds. The highest BCUT2D eigenvalue weighted by Crippen LogP contribution is 2.18. The largest absolute Gasteiger partial charge is 0.481 e. The molecule has 0 atom stereocenters. The minimum absolute atomic E-state index is 0.177. The van der Waals surface area contributed by atoms with E-state index >= 15 is 0 Å². The van der Waals surface area contributed by atoms with E-state index in [9.17, 15) is 4.79 Å². The van der Waals surface area contributed by atoms with E-state index in [1.807, 2.05) is 6.92 Å². The first-order valence-corrected chi connectivity index (χ1v) is 5.12. The molecule has 3 nitrogen and oxygen atoms in total. The van der Waals surface area contributed by atoms with Gasteiger partial charge in [-0.1, -0.05) is 6.92 Å². The molecule has 0 aliphatic rings. The van der Waals surface area contributed by atoms with E-state index in [0.717, 1.165) is 17.1 Å².